The molecule has 0 spiro atoms. The fourth-order valence-corrected chi connectivity index (χ4v) is 2.29. The van der Waals surface area contributed by atoms with Gasteiger partial charge in [0.25, 0.3) is 0 Å². The molecule has 1 fully saturated rings. The summed E-state index contributed by atoms with van der Waals surface area (Å²) >= 11 is 0. The summed E-state index contributed by atoms with van der Waals surface area (Å²) in [6.07, 6.45) is 0.866. The second-order valence-electron chi connectivity index (χ2n) is 4.15. The molecule has 0 radical (unpaired) electrons. The molecule has 0 bridgehead atoms. The molecule has 1 heterocycles. The molecule has 3 atom stereocenters. The van der Waals surface area contributed by atoms with E-state index in [1.807, 2.05) is 6.92 Å². The Hall–Kier alpha value is -1.10. The lowest BCUT2D eigenvalue weighted by Gasteiger charge is -2.35. The van der Waals surface area contributed by atoms with Crippen LogP contribution >= 0.6 is 0 Å². The highest BCUT2D eigenvalue weighted by Gasteiger charge is 2.33. The molecule has 1 saturated heterocycles. The predicted molar refractivity (Wildman–Crippen MR) is 53.6 cm³/mol. The number of carbonyl (C=O) groups is 2. The van der Waals surface area contributed by atoms with Crippen LogP contribution in [0.4, 0.5) is 0 Å². The molecule has 15 heavy (non-hydrogen) atoms. The Kier molecular flexibility index (Phi) is 4.08. The van der Waals surface area contributed by atoms with Crippen molar-refractivity contribution in [3.8, 4) is 0 Å². The van der Waals surface area contributed by atoms with E-state index in [9.17, 15) is 9.59 Å². The van der Waals surface area contributed by atoms with Gasteiger partial charge in [-0.15, -0.1) is 0 Å². The maximum Gasteiger partial charge on any atom is 0.303 e. The molecule has 0 aromatic carbocycles. The summed E-state index contributed by atoms with van der Waals surface area (Å²) in [7, 11) is 0. The lowest BCUT2D eigenvalue weighted by Crippen LogP contribution is -2.45. The van der Waals surface area contributed by atoms with Gasteiger partial charge >= 0.3 is 11.9 Å². The summed E-state index contributed by atoms with van der Waals surface area (Å²) in [6.45, 7) is 2.69. The normalized spacial score (nSPS) is 31.1. The van der Waals surface area contributed by atoms with E-state index in [1.165, 1.54) is 0 Å². The zero-order valence-corrected chi connectivity index (χ0v) is 8.77. The van der Waals surface area contributed by atoms with Crippen LogP contribution in [0, 0.1) is 11.8 Å². The van der Waals surface area contributed by atoms with Crippen molar-refractivity contribution in [2.75, 3.05) is 6.54 Å². The molecule has 0 saturated carbocycles. The van der Waals surface area contributed by atoms with Crippen LogP contribution < -0.4 is 5.32 Å². The van der Waals surface area contributed by atoms with Crippen molar-refractivity contribution < 1.29 is 19.8 Å². The Bertz CT molecular complexity index is 254. The van der Waals surface area contributed by atoms with Gasteiger partial charge in [0, 0.05) is 18.9 Å². The summed E-state index contributed by atoms with van der Waals surface area (Å²) in [4.78, 5) is 21.3. The van der Waals surface area contributed by atoms with Gasteiger partial charge in [-0.3, -0.25) is 9.59 Å². The van der Waals surface area contributed by atoms with Crippen molar-refractivity contribution >= 4 is 11.9 Å². The molecule has 5 heteroatoms. The number of carboxylic acid groups (broad SMARTS) is 2. The van der Waals surface area contributed by atoms with Crippen molar-refractivity contribution in [1.29, 1.82) is 0 Å². The van der Waals surface area contributed by atoms with Gasteiger partial charge in [0.1, 0.15) is 0 Å². The molecule has 1 aliphatic rings. The van der Waals surface area contributed by atoms with Crippen LogP contribution in [0.3, 0.4) is 0 Å². The number of nitrogens with one attached hydrogen (secondary N) is 1. The topological polar surface area (TPSA) is 86.6 Å². The Labute approximate surface area is 88.5 Å². The van der Waals surface area contributed by atoms with Gasteiger partial charge in [-0.25, -0.2) is 0 Å². The predicted octanol–water partition coefficient (Wildman–Crippen LogP) is 0.550. The van der Waals surface area contributed by atoms with Gasteiger partial charge in [0.05, 0.1) is 0 Å². The second kappa shape index (κ2) is 5.11. The first kappa shape index (κ1) is 12.0. The minimum absolute atomic E-state index is 0.0187. The molecule has 0 unspecified atom stereocenters. The molecular formula is C10H17NO4. The van der Waals surface area contributed by atoms with Gasteiger partial charge in [-0.05, 0) is 31.7 Å². The SMILES string of the molecule is C[C@H]1NCC[C@H](CC(=O)O)[C@@H]1CC(=O)O. The highest BCUT2D eigenvalue weighted by molar-refractivity contribution is 5.69. The van der Waals surface area contributed by atoms with E-state index in [1.54, 1.807) is 0 Å². The van der Waals surface area contributed by atoms with Crippen molar-refractivity contribution in [2.24, 2.45) is 11.8 Å². The van der Waals surface area contributed by atoms with Gasteiger partial charge < -0.3 is 15.5 Å². The summed E-state index contributed by atoms with van der Waals surface area (Å²) in [5, 5.41) is 20.7. The van der Waals surface area contributed by atoms with Crippen LogP contribution in [-0.4, -0.2) is 34.7 Å². The Balaban J connectivity index is 2.63. The molecular weight excluding hydrogens is 198 g/mol. The minimum Gasteiger partial charge on any atom is -0.481 e. The molecule has 1 rings (SSSR count). The Morgan fingerprint density at radius 2 is 1.87 bits per heavy atom. The Morgan fingerprint density at radius 1 is 1.27 bits per heavy atom. The van der Waals surface area contributed by atoms with Gasteiger partial charge in [-0.2, -0.15) is 0 Å². The van der Waals surface area contributed by atoms with Crippen molar-refractivity contribution in [1.82, 2.24) is 5.32 Å². The molecule has 0 aromatic rings. The van der Waals surface area contributed by atoms with Gasteiger partial charge in [0.15, 0.2) is 0 Å². The first-order valence-electron chi connectivity index (χ1n) is 5.17. The number of piperidine rings is 1. The number of hydrogen-bond donors (Lipinski definition) is 3. The molecule has 5 nitrogen and oxygen atoms in total. The van der Waals surface area contributed by atoms with Crippen LogP contribution in [0.5, 0.6) is 0 Å². The largest absolute Gasteiger partial charge is 0.481 e. The van der Waals surface area contributed by atoms with Gasteiger partial charge in [0.2, 0.25) is 0 Å². The van der Waals surface area contributed by atoms with Gasteiger partial charge in [-0.1, -0.05) is 0 Å². The van der Waals surface area contributed by atoms with Crippen LogP contribution in [-0.2, 0) is 9.59 Å². The summed E-state index contributed by atoms with van der Waals surface area (Å²) in [5.74, 6) is -1.79. The highest BCUT2D eigenvalue weighted by Crippen LogP contribution is 2.29. The average molecular weight is 215 g/mol. The molecule has 0 aliphatic carbocycles. The Morgan fingerprint density at radius 3 is 2.40 bits per heavy atom. The van der Waals surface area contributed by atoms with E-state index >= 15 is 0 Å². The monoisotopic (exact) mass is 215 g/mol. The van der Waals surface area contributed by atoms with E-state index in [2.05, 4.69) is 5.32 Å². The van der Waals surface area contributed by atoms with Crippen LogP contribution in [0.2, 0.25) is 0 Å². The first-order chi connectivity index (χ1) is 7.00. The summed E-state index contributed by atoms with van der Waals surface area (Å²) in [5.41, 5.74) is 0. The zero-order valence-electron chi connectivity index (χ0n) is 8.77. The maximum atomic E-state index is 10.7. The third-order valence-electron chi connectivity index (χ3n) is 3.08. The fourth-order valence-electron chi connectivity index (χ4n) is 2.29. The highest BCUT2D eigenvalue weighted by atomic mass is 16.4. The standard InChI is InChI=1S/C10H17NO4/c1-6-8(5-10(14)15)7(2-3-11-6)4-9(12)13/h6-8,11H,2-5H2,1H3,(H,12,13)(H,14,15)/t6-,7-,8-/m1/s1. The van der Waals surface area contributed by atoms with Crippen molar-refractivity contribution in [3.63, 3.8) is 0 Å². The minimum atomic E-state index is -0.856. The van der Waals surface area contributed by atoms with E-state index < -0.39 is 11.9 Å². The first-order valence-corrected chi connectivity index (χ1v) is 5.17. The summed E-state index contributed by atoms with van der Waals surface area (Å²) in [6, 6.07) is 0.0826. The number of aliphatic carboxylic acids is 2. The molecule has 3 N–H and O–H groups in total. The quantitative estimate of drug-likeness (QED) is 0.637. The zero-order chi connectivity index (χ0) is 11.4. The lowest BCUT2D eigenvalue weighted by molar-refractivity contribution is -0.142. The smallest absolute Gasteiger partial charge is 0.303 e. The molecule has 1 aliphatic heterocycles. The van der Waals surface area contributed by atoms with Crippen molar-refractivity contribution in [2.45, 2.75) is 32.2 Å². The van der Waals surface area contributed by atoms with Crippen LogP contribution in [0.1, 0.15) is 26.2 Å². The number of rotatable bonds is 4. The second-order valence-corrected chi connectivity index (χ2v) is 4.15. The molecule has 0 aromatic heterocycles. The number of hydrogen-bond acceptors (Lipinski definition) is 3. The van der Waals surface area contributed by atoms with Crippen LogP contribution in [0.15, 0.2) is 0 Å². The summed E-state index contributed by atoms with van der Waals surface area (Å²) < 4.78 is 0. The maximum absolute atomic E-state index is 10.7. The molecule has 0 amide bonds. The van der Waals surface area contributed by atoms with E-state index in [4.69, 9.17) is 10.2 Å². The van der Waals surface area contributed by atoms with E-state index in [0.29, 0.717) is 0 Å². The van der Waals surface area contributed by atoms with E-state index in [-0.39, 0.29) is 30.7 Å². The third kappa shape index (κ3) is 3.51. The van der Waals surface area contributed by atoms with Crippen LogP contribution in [0.25, 0.3) is 0 Å². The van der Waals surface area contributed by atoms with E-state index in [0.717, 1.165) is 13.0 Å². The number of carboxylic acids is 2. The molecule has 86 valence electrons. The lowest BCUT2D eigenvalue weighted by atomic mass is 9.77. The van der Waals surface area contributed by atoms with Crippen molar-refractivity contribution in [3.05, 3.63) is 0 Å². The average Bonchev–Trinajstić information content (AvgIpc) is 2.09. The fraction of sp³-hybridized carbons (Fsp3) is 0.800. The third-order valence-corrected chi connectivity index (χ3v) is 3.08.